The molecule has 2 aromatic rings. The number of nitrogens with one attached hydrogen (secondary N) is 1. The van der Waals surface area contributed by atoms with Gasteiger partial charge in [-0.2, -0.15) is 0 Å². The lowest BCUT2D eigenvalue weighted by Gasteiger charge is -2.30. The van der Waals surface area contributed by atoms with E-state index >= 15 is 0 Å². The van der Waals surface area contributed by atoms with Crippen LogP contribution in [0.5, 0.6) is 0 Å². The van der Waals surface area contributed by atoms with Crippen LogP contribution in [-0.2, 0) is 0 Å². The molecule has 1 aromatic carbocycles. The van der Waals surface area contributed by atoms with Gasteiger partial charge in [0.2, 0.25) is 0 Å². The Bertz CT molecular complexity index is 664. The number of nitrogens with zero attached hydrogens (tertiary/aromatic N) is 2. The van der Waals surface area contributed by atoms with Crippen LogP contribution in [0.15, 0.2) is 30.3 Å². The lowest BCUT2D eigenvalue weighted by Crippen LogP contribution is -2.41. The van der Waals surface area contributed by atoms with Gasteiger partial charge in [0.15, 0.2) is 0 Å². The number of piperidine rings is 1. The van der Waals surface area contributed by atoms with Gasteiger partial charge in [-0.1, -0.05) is 18.2 Å². The molecule has 0 radical (unpaired) electrons. The largest absolute Gasteiger partial charge is 0.465 e. The van der Waals surface area contributed by atoms with Crippen molar-refractivity contribution in [3.05, 3.63) is 35.9 Å². The second-order valence-electron chi connectivity index (χ2n) is 5.53. The van der Waals surface area contributed by atoms with E-state index in [0.29, 0.717) is 13.1 Å². The number of anilines is 1. The number of pyridine rings is 1. The Hall–Kier alpha value is -2.30. The van der Waals surface area contributed by atoms with Gasteiger partial charge in [-0.25, -0.2) is 9.78 Å². The molecule has 0 atom stereocenters. The highest BCUT2D eigenvalue weighted by Crippen LogP contribution is 2.22. The number of benzene rings is 1. The van der Waals surface area contributed by atoms with E-state index in [1.165, 1.54) is 15.8 Å². The zero-order valence-electron chi connectivity index (χ0n) is 12.0. The standard InChI is InChI=1S/C16H19N3O2/c1-11-10-15(18-14-5-3-2-4-13(11)14)17-12-6-8-19(9-7-12)16(20)21/h2-5,10,12H,6-9H2,1H3,(H,17,18)(H,20,21). The number of aromatic nitrogens is 1. The summed E-state index contributed by atoms with van der Waals surface area (Å²) in [5, 5.41) is 13.6. The Balaban J connectivity index is 1.73. The first kappa shape index (κ1) is 13.7. The van der Waals surface area contributed by atoms with Crippen LogP contribution in [0.2, 0.25) is 0 Å². The quantitative estimate of drug-likeness (QED) is 0.890. The minimum Gasteiger partial charge on any atom is -0.465 e. The molecule has 0 bridgehead atoms. The van der Waals surface area contributed by atoms with Crippen molar-refractivity contribution in [2.45, 2.75) is 25.8 Å². The molecule has 1 saturated heterocycles. The average Bonchev–Trinajstić information content (AvgIpc) is 2.48. The van der Waals surface area contributed by atoms with Crippen LogP contribution < -0.4 is 5.32 Å². The summed E-state index contributed by atoms with van der Waals surface area (Å²) in [4.78, 5) is 17.0. The highest BCUT2D eigenvalue weighted by Gasteiger charge is 2.22. The van der Waals surface area contributed by atoms with Crippen LogP contribution in [0, 0.1) is 6.92 Å². The minimum atomic E-state index is -0.826. The third-order valence-corrected chi connectivity index (χ3v) is 4.04. The van der Waals surface area contributed by atoms with Crippen molar-refractivity contribution in [1.29, 1.82) is 0 Å². The second kappa shape index (κ2) is 5.60. The fourth-order valence-electron chi connectivity index (χ4n) is 2.85. The topological polar surface area (TPSA) is 65.5 Å². The highest BCUT2D eigenvalue weighted by molar-refractivity contribution is 5.83. The molecule has 0 unspecified atom stereocenters. The van der Waals surface area contributed by atoms with Gasteiger partial charge in [-0.3, -0.25) is 0 Å². The van der Waals surface area contributed by atoms with Gasteiger partial charge in [0.1, 0.15) is 5.82 Å². The number of fused-ring (bicyclic) bond motifs is 1. The van der Waals surface area contributed by atoms with Crippen molar-refractivity contribution in [2.75, 3.05) is 18.4 Å². The second-order valence-corrected chi connectivity index (χ2v) is 5.53. The monoisotopic (exact) mass is 285 g/mol. The number of carboxylic acid groups (broad SMARTS) is 1. The molecular formula is C16H19N3O2. The van der Waals surface area contributed by atoms with Crippen LogP contribution in [0.3, 0.4) is 0 Å². The summed E-state index contributed by atoms with van der Waals surface area (Å²) in [6.07, 6.45) is 0.813. The lowest BCUT2D eigenvalue weighted by atomic mass is 10.0. The van der Waals surface area contributed by atoms with Gasteiger partial charge in [-0.15, -0.1) is 0 Å². The first-order chi connectivity index (χ1) is 10.1. The fourth-order valence-corrected chi connectivity index (χ4v) is 2.85. The van der Waals surface area contributed by atoms with Gasteiger partial charge in [0.25, 0.3) is 0 Å². The summed E-state index contributed by atoms with van der Waals surface area (Å²) >= 11 is 0. The fraction of sp³-hybridized carbons (Fsp3) is 0.375. The molecule has 1 aliphatic heterocycles. The summed E-state index contributed by atoms with van der Waals surface area (Å²) in [5.41, 5.74) is 2.19. The molecule has 3 rings (SSSR count). The molecule has 1 amide bonds. The van der Waals surface area contributed by atoms with E-state index in [0.717, 1.165) is 24.2 Å². The Morgan fingerprint density at radius 1 is 1.33 bits per heavy atom. The number of aryl methyl sites for hydroxylation is 1. The van der Waals surface area contributed by atoms with Gasteiger partial charge in [-0.05, 0) is 37.5 Å². The van der Waals surface area contributed by atoms with Crippen LogP contribution in [-0.4, -0.2) is 40.2 Å². The van der Waals surface area contributed by atoms with E-state index in [2.05, 4.69) is 29.4 Å². The van der Waals surface area contributed by atoms with E-state index in [1.807, 2.05) is 18.2 Å². The number of hydrogen-bond acceptors (Lipinski definition) is 3. The summed E-state index contributed by atoms with van der Waals surface area (Å²) in [7, 11) is 0. The van der Waals surface area contributed by atoms with Gasteiger partial charge >= 0.3 is 6.09 Å². The van der Waals surface area contributed by atoms with Gasteiger partial charge in [0, 0.05) is 24.5 Å². The molecule has 21 heavy (non-hydrogen) atoms. The normalized spacial score (nSPS) is 16.1. The van der Waals surface area contributed by atoms with Crippen molar-refractivity contribution >= 4 is 22.8 Å². The van der Waals surface area contributed by atoms with E-state index < -0.39 is 6.09 Å². The SMILES string of the molecule is Cc1cc(NC2CCN(C(=O)O)CC2)nc2ccccc12. The third kappa shape index (κ3) is 2.91. The number of hydrogen-bond donors (Lipinski definition) is 2. The van der Waals surface area contributed by atoms with E-state index in [9.17, 15) is 4.79 Å². The van der Waals surface area contributed by atoms with Crippen LogP contribution >= 0.6 is 0 Å². The number of rotatable bonds is 2. The van der Waals surface area contributed by atoms with Crippen molar-refractivity contribution in [2.24, 2.45) is 0 Å². The van der Waals surface area contributed by atoms with E-state index in [4.69, 9.17) is 5.11 Å². The predicted octanol–water partition coefficient (Wildman–Crippen LogP) is 3.10. The summed E-state index contributed by atoms with van der Waals surface area (Å²) < 4.78 is 0. The van der Waals surface area contributed by atoms with Crippen LogP contribution in [0.4, 0.5) is 10.6 Å². The van der Waals surface area contributed by atoms with Crippen LogP contribution in [0.25, 0.3) is 10.9 Å². The number of likely N-dealkylation sites (tertiary alicyclic amines) is 1. The third-order valence-electron chi connectivity index (χ3n) is 4.04. The number of para-hydroxylation sites is 1. The minimum absolute atomic E-state index is 0.286. The first-order valence-electron chi connectivity index (χ1n) is 7.24. The van der Waals surface area contributed by atoms with Crippen molar-refractivity contribution in [1.82, 2.24) is 9.88 Å². The average molecular weight is 285 g/mol. The zero-order valence-corrected chi connectivity index (χ0v) is 12.0. The van der Waals surface area contributed by atoms with Crippen molar-refractivity contribution in [3.8, 4) is 0 Å². The predicted molar refractivity (Wildman–Crippen MR) is 82.7 cm³/mol. The Labute approximate surface area is 123 Å². The van der Waals surface area contributed by atoms with Crippen molar-refractivity contribution in [3.63, 3.8) is 0 Å². The van der Waals surface area contributed by atoms with Gasteiger partial charge in [0.05, 0.1) is 5.52 Å². The molecule has 2 heterocycles. The summed E-state index contributed by atoms with van der Waals surface area (Å²) in [6.45, 7) is 3.25. The zero-order chi connectivity index (χ0) is 14.8. The van der Waals surface area contributed by atoms with Crippen LogP contribution in [0.1, 0.15) is 18.4 Å². The summed E-state index contributed by atoms with van der Waals surface area (Å²) in [6, 6.07) is 10.4. The molecule has 5 nitrogen and oxygen atoms in total. The molecule has 1 aromatic heterocycles. The summed E-state index contributed by atoms with van der Waals surface area (Å²) in [5.74, 6) is 0.875. The van der Waals surface area contributed by atoms with E-state index in [-0.39, 0.29) is 6.04 Å². The molecule has 2 N–H and O–H groups in total. The maximum Gasteiger partial charge on any atom is 0.407 e. The smallest absolute Gasteiger partial charge is 0.407 e. The Morgan fingerprint density at radius 3 is 2.76 bits per heavy atom. The molecule has 0 aliphatic carbocycles. The van der Waals surface area contributed by atoms with Crippen molar-refractivity contribution < 1.29 is 9.90 Å². The molecule has 1 aliphatic rings. The first-order valence-corrected chi connectivity index (χ1v) is 7.24. The Morgan fingerprint density at radius 2 is 2.05 bits per heavy atom. The molecule has 0 spiro atoms. The molecule has 5 heteroatoms. The molecule has 110 valence electrons. The molecule has 0 saturated carbocycles. The maximum atomic E-state index is 10.9. The highest BCUT2D eigenvalue weighted by atomic mass is 16.4. The Kier molecular flexibility index (Phi) is 3.64. The molecule has 1 fully saturated rings. The molecular weight excluding hydrogens is 266 g/mol. The lowest BCUT2D eigenvalue weighted by molar-refractivity contribution is 0.134. The van der Waals surface area contributed by atoms with Gasteiger partial charge < -0.3 is 15.3 Å². The number of carbonyl (C=O) groups is 1. The van der Waals surface area contributed by atoms with E-state index in [1.54, 1.807) is 0 Å². The maximum absolute atomic E-state index is 10.9. The number of amides is 1.